The minimum atomic E-state index is -3.74. The average Bonchev–Trinajstić information content (AvgIpc) is 2.89. The molecule has 1 amide bonds. The molecular formula is C25H35N3O7S. The third-order valence-corrected chi connectivity index (χ3v) is 8.22. The molecule has 0 unspecified atom stereocenters. The van der Waals surface area contributed by atoms with Gasteiger partial charge in [0, 0.05) is 30.9 Å². The quantitative estimate of drug-likeness (QED) is 0.481. The molecule has 10 nitrogen and oxygen atoms in total. The van der Waals surface area contributed by atoms with E-state index >= 15 is 0 Å². The van der Waals surface area contributed by atoms with Gasteiger partial charge in [0.2, 0.25) is 15.8 Å². The number of ether oxygens (including phenoxy) is 4. The standard InChI is InChI=1S/C25H35N3O7S/c1-27-12-10-20(11-13-27)28(14-15-32-2)36(30,31)21-8-6-19(7-9-21)26-25(29)18-16-22(33-3)24(35-5)23(17-18)34-4/h6-9,16-17,20H,10-15H2,1-5H3,(H,26,29). The Morgan fingerprint density at radius 3 is 2.08 bits per heavy atom. The minimum absolute atomic E-state index is 0.0826. The molecule has 36 heavy (non-hydrogen) atoms. The monoisotopic (exact) mass is 521 g/mol. The van der Waals surface area contributed by atoms with Gasteiger partial charge in [0.25, 0.3) is 5.91 Å². The highest BCUT2D eigenvalue weighted by atomic mass is 32.2. The Morgan fingerprint density at radius 2 is 1.58 bits per heavy atom. The Hall–Kier alpha value is -2.86. The van der Waals surface area contributed by atoms with Crippen LogP contribution in [0.4, 0.5) is 5.69 Å². The number of carbonyl (C=O) groups is 1. The number of methoxy groups -OCH3 is 4. The summed E-state index contributed by atoms with van der Waals surface area (Å²) in [5.41, 5.74) is 0.754. The first-order valence-corrected chi connectivity index (χ1v) is 13.1. The molecule has 0 atom stereocenters. The van der Waals surface area contributed by atoms with Crippen molar-refractivity contribution in [2.75, 3.05) is 67.0 Å². The van der Waals surface area contributed by atoms with Gasteiger partial charge in [-0.2, -0.15) is 4.31 Å². The van der Waals surface area contributed by atoms with E-state index in [4.69, 9.17) is 18.9 Å². The number of benzene rings is 2. The van der Waals surface area contributed by atoms with E-state index in [1.165, 1.54) is 33.5 Å². The lowest BCUT2D eigenvalue weighted by atomic mass is 10.1. The molecule has 11 heteroatoms. The molecule has 0 bridgehead atoms. The fourth-order valence-corrected chi connectivity index (χ4v) is 5.89. The Bertz CT molecular complexity index is 1110. The molecule has 198 valence electrons. The van der Waals surface area contributed by atoms with Crippen molar-refractivity contribution in [3.63, 3.8) is 0 Å². The number of anilines is 1. The molecule has 0 aliphatic carbocycles. The Labute approximate surface area is 213 Å². The molecule has 1 aliphatic heterocycles. The number of piperidine rings is 1. The lowest BCUT2D eigenvalue weighted by Gasteiger charge is -2.36. The van der Waals surface area contributed by atoms with Crippen molar-refractivity contribution in [2.45, 2.75) is 23.8 Å². The number of nitrogens with zero attached hydrogens (tertiary/aromatic N) is 2. The molecule has 3 rings (SSSR count). The Morgan fingerprint density at radius 1 is 1.00 bits per heavy atom. The minimum Gasteiger partial charge on any atom is -0.493 e. The van der Waals surface area contributed by atoms with E-state index in [1.54, 1.807) is 35.7 Å². The molecule has 0 spiro atoms. The van der Waals surface area contributed by atoms with Crippen molar-refractivity contribution < 1.29 is 32.2 Å². The van der Waals surface area contributed by atoms with Gasteiger partial charge in [-0.05, 0) is 69.4 Å². The highest BCUT2D eigenvalue weighted by molar-refractivity contribution is 7.89. The van der Waals surface area contributed by atoms with E-state index in [0.717, 1.165) is 25.9 Å². The second-order valence-corrected chi connectivity index (χ2v) is 10.4. The summed E-state index contributed by atoms with van der Waals surface area (Å²) in [6, 6.07) is 9.18. The number of hydrogen-bond donors (Lipinski definition) is 1. The number of carbonyl (C=O) groups excluding carboxylic acids is 1. The summed E-state index contributed by atoms with van der Waals surface area (Å²) in [7, 11) is 4.29. The summed E-state index contributed by atoms with van der Waals surface area (Å²) >= 11 is 0. The third kappa shape index (κ3) is 6.28. The maximum Gasteiger partial charge on any atom is 0.255 e. The smallest absolute Gasteiger partial charge is 0.255 e. The van der Waals surface area contributed by atoms with E-state index in [0.29, 0.717) is 35.1 Å². The van der Waals surface area contributed by atoms with Gasteiger partial charge in [0.1, 0.15) is 0 Å². The van der Waals surface area contributed by atoms with Gasteiger partial charge in [-0.1, -0.05) is 0 Å². The first-order chi connectivity index (χ1) is 17.2. The van der Waals surface area contributed by atoms with E-state index in [2.05, 4.69) is 10.2 Å². The largest absolute Gasteiger partial charge is 0.493 e. The van der Waals surface area contributed by atoms with Crippen molar-refractivity contribution in [2.24, 2.45) is 0 Å². The average molecular weight is 522 g/mol. The van der Waals surface area contributed by atoms with Crippen molar-refractivity contribution in [1.82, 2.24) is 9.21 Å². The lowest BCUT2D eigenvalue weighted by molar-refractivity contribution is 0.102. The van der Waals surface area contributed by atoms with Gasteiger partial charge >= 0.3 is 0 Å². The van der Waals surface area contributed by atoms with Crippen molar-refractivity contribution in [1.29, 1.82) is 0 Å². The predicted molar refractivity (Wildman–Crippen MR) is 137 cm³/mol. The fourth-order valence-electron chi connectivity index (χ4n) is 4.22. The van der Waals surface area contributed by atoms with Crippen LogP contribution in [0.5, 0.6) is 17.2 Å². The maximum atomic E-state index is 13.5. The lowest BCUT2D eigenvalue weighted by Crippen LogP contribution is -2.47. The zero-order chi connectivity index (χ0) is 26.3. The predicted octanol–water partition coefficient (Wildman–Crippen LogP) is 2.70. The van der Waals surface area contributed by atoms with Crippen LogP contribution in [0.3, 0.4) is 0 Å². The van der Waals surface area contributed by atoms with Crippen LogP contribution in [0, 0.1) is 0 Å². The zero-order valence-electron chi connectivity index (χ0n) is 21.4. The first kappa shape index (κ1) is 27.7. The number of hydrogen-bond acceptors (Lipinski definition) is 8. The van der Waals surface area contributed by atoms with Crippen LogP contribution in [0.2, 0.25) is 0 Å². The number of likely N-dealkylation sites (tertiary alicyclic amines) is 1. The summed E-state index contributed by atoms with van der Waals surface area (Å²) in [6.45, 7) is 2.28. The molecule has 0 radical (unpaired) electrons. The molecule has 0 aromatic heterocycles. The van der Waals surface area contributed by atoms with Crippen LogP contribution in [0.15, 0.2) is 41.3 Å². The second-order valence-electron chi connectivity index (χ2n) is 8.54. The number of amides is 1. The summed E-state index contributed by atoms with van der Waals surface area (Å²) < 4.78 is 49.7. The van der Waals surface area contributed by atoms with Crippen molar-refractivity contribution in [3.05, 3.63) is 42.0 Å². The Kier molecular flexibility index (Phi) is 9.55. The Balaban J connectivity index is 1.79. The fraction of sp³-hybridized carbons (Fsp3) is 0.480. The molecule has 1 aliphatic rings. The number of nitrogens with one attached hydrogen (secondary N) is 1. The van der Waals surface area contributed by atoms with Crippen LogP contribution in [0.1, 0.15) is 23.2 Å². The van der Waals surface area contributed by atoms with Crippen LogP contribution in [-0.2, 0) is 14.8 Å². The normalized spacial score (nSPS) is 15.1. The summed E-state index contributed by atoms with van der Waals surface area (Å²) in [6.07, 6.45) is 1.53. The van der Waals surface area contributed by atoms with Gasteiger partial charge in [-0.3, -0.25) is 4.79 Å². The van der Waals surface area contributed by atoms with Crippen molar-refractivity contribution >= 4 is 21.6 Å². The highest BCUT2D eigenvalue weighted by Crippen LogP contribution is 2.38. The second kappa shape index (κ2) is 12.4. The van der Waals surface area contributed by atoms with E-state index in [9.17, 15) is 13.2 Å². The first-order valence-electron chi connectivity index (χ1n) is 11.7. The third-order valence-electron chi connectivity index (χ3n) is 6.26. The van der Waals surface area contributed by atoms with Gasteiger partial charge in [-0.25, -0.2) is 8.42 Å². The highest BCUT2D eigenvalue weighted by Gasteiger charge is 2.33. The molecule has 2 aromatic rings. The van der Waals surface area contributed by atoms with E-state index in [-0.39, 0.29) is 17.5 Å². The molecule has 1 N–H and O–H groups in total. The van der Waals surface area contributed by atoms with Crippen LogP contribution < -0.4 is 19.5 Å². The van der Waals surface area contributed by atoms with Gasteiger partial charge < -0.3 is 29.2 Å². The van der Waals surface area contributed by atoms with E-state index < -0.39 is 15.9 Å². The van der Waals surface area contributed by atoms with Gasteiger partial charge in [0.15, 0.2) is 11.5 Å². The molecular weight excluding hydrogens is 486 g/mol. The molecule has 1 fully saturated rings. The summed E-state index contributed by atoms with van der Waals surface area (Å²) in [5, 5.41) is 2.78. The topological polar surface area (TPSA) is 107 Å². The molecule has 2 aromatic carbocycles. The van der Waals surface area contributed by atoms with E-state index in [1.807, 2.05) is 7.05 Å². The molecule has 1 saturated heterocycles. The van der Waals surface area contributed by atoms with Gasteiger partial charge in [0.05, 0.1) is 32.8 Å². The van der Waals surface area contributed by atoms with Crippen molar-refractivity contribution in [3.8, 4) is 17.2 Å². The van der Waals surface area contributed by atoms with Crippen LogP contribution in [-0.4, -0.2) is 91.3 Å². The molecule has 1 heterocycles. The number of rotatable bonds is 11. The maximum absolute atomic E-state index is 13.5. The van der Waals surface area contributed by atoms with Crippen LogP contribution >= 0.6 is 0 Å². The number of sulfonamides is 1. The summed E-state index contributed by atoms with van der Waals surface area (Å²) in [4.78, 5) is 15.3. The molecule has 0 saturated carbocycles. The zero-order valence-corrected chi connectivity index (χ0v) is 22.3. The summed E-state index contributed by atoms with van der Waals surface area (Å²) in [5.74, 6) is 0.689. The van der Waals surface area contributed by atoms with Crippen LogP contribution in [0.25, 0.3) is 0 Å². The van der Waals surface area contributed by atoms with Gasteiger partial charge in [-0.15, -0.1) is 0 Å². The SMILES string of the molecule is COCCN(C1CCN(C)CC1)S(=O)(=O)c1ccc(NC(=O)c2cc(OC)c(OC)c(OC)c2)cc1.